The van der Waals surface area contributed by atoms with Gasteiger partial charge in [0.25, 0.3) is 23.5 Å². The van der Waals surface area contributed by atoms with Gasteiger partial charge in [-0.25, -0.2) is 9.48 Å². The first-order valence-electron chi connectivity index (χ1n) is 36.2. The van der Waals surface area contributed by atoms with Crippen LogP contribution >= 0.6 is 0 Å². The second-order valence-electron chi connectivity index (χ2n) is 28.3. The zero-order chi connectivity index (χ0) is 73.8. The van der Waals surface area contributed by atoms with E-state index in [0.29, 0.717) is 108 Å². The van der Waals surface area contributed by atoms with Crippen LogP contribution in [0.5, 0.6) is 0 Å². The predicted molar refractivity (Wildman–Crippen MR) is 372 cm³/mol. The van der Waals surface area contributed by atoms with Crippen molar-refractivity contribution in [2.24, 2.45) is 35.5 Å². The third-order valence-electron chi connectivity index (χ3n) is 20.7. The summed E-state index contributed by atoms with van der Waals surface area (Å²) in [4.78, 5) is 125. The summed E-state index contributed by atoms with van der Waals surface area (Å²) in [5.41, 5.74) is 2.65. The molecular weight excluding hydrogens is 1320 g/mol. The molecule has 0 radical (unpaired) electrons. The molecule has 2 bridgehead atoms. The zero-order valence-electron chi connectivity index (χ0n) is 60.9. The van der Waals surface area contributed by atoms with E-state index in [9.17, 15) is 53.4 Å². The number of benzene rings is 1. The number of esters is 1. The fraction of sp³-hybridized carbons (Fsp3) is 0.667. The quantitative estimate of drug-likeness (QED) is 0.0301. The summed E-state index contributed by atoms with van der Waals surface area (Å²) in [7, 11) is 4.58. The van der Waals surface area contributed by atoms with Gasteiger partial charge in [-0.15, -0.1) is 5.10 Å². The number of nitrogens with zero attached hydrogens (tertiary/aromatic N) is 5. The molecule has 8 rings (SSSR count). The first kappa shape index (κ1) is 80.6. The Morgan fingerprint density at radius 2 is 1.54 bits per heavy atom. The normalized spacial score (nSPS) is 32.2. The van der Waals surface area contributed by atoms with E-state index in [0.717, 1.165) is 16.9 Å². The van der Waals surface area contributed by atoms with Crippen LogP contribution in [0.1, 0.15) is 165 Å². The lowest BCUT2D eigenvalue weighted by atomic mass is 9.78. The summed E-state index contributed by atoms with van der Waals surface area (Å²) in [6.07, 6.45) is 13.1. The number of methoxy groups -OCH3 is 3. The smallest absolute Gasteiger partial charge is 0.329 e. The van der Waals surface area contributed by atoms with Gasteiger partial charge in [0, 0.05) is 77.1 Å². The molecule has 0 spiro atoms. The van der Waals surface area contributed by atoms with Crippen LogP contribution in [0.15, 0.2) is 72.0 Å². The number of amides is 5. The number of ketones is 3. The van der Waals surface area contributed by atoms with Gasteiger partial charge in [-0.1, -0.05) is 82.4 Å². The number of cyclic esters (lactones) is 1. The van der Waals surface area contributed by atoms with Crippen molar-refractivity contribution in [2.75, 3.05) is 79.4 Å². The van der Waals surface area contributed by atoms with E-state index in [1.165, 1.54) is 18.1 Å². The Hall–Kier alpha value is -7.05. The van der Waals surface area contributed by atoms with Gasteiger partial charge >= 0.3 is 5.97 Å². The zero-order valence-corrected chi connectivity index (χ0v) is 60.9. The van der Waals surface area contributed by atoms with Crippen molar-refractivity contribution in [3.05, 3.63) is 88.8 Å². The number of aliphatic hydroxyl groups is 2. The number of piperidine rings is 2. The monoisotopic (exact) mass is 1430 g/mol. The third kappa shape index (κ3) is 21.1. The number of anilines is 1. The molecule has 6 heterocycles. The highest BCUT2D eigenvalue weighted by molar-refractivity contribution is 6.39. The Morgan fingerprint density at radius 1 is 0.775 bits per heavy atom. The average Bonchev–Trinajstić information content (AvgIpc) is 1.46. The van der Waals surface area contributed by atoms with Crippen molar-refractivity contribution >= 4 is 58.5 Å². The third-order valence-corrected chi connectivity index (χ3v) is 20.7. The van der Waals surface area contributed by atoms with Crippen molar-refractivity contribution < 1.29 is 96.0 Å². The van der Waals surface area contributed by atoms with Crippen LogP contribution in [0.4, 0.5) is 5.69 Å². The second-order valence-corrected chi connectivity index (χ2v) is 28.3. The van der Waals surface area contributed by atoms with Gasteiger partial charge in [0.15, 0.2) is 5.78 Å². The number of rotatable bonds is 23. The molecule has 1 aliphatic carbocycles. The summed E-state index contributed by atoms with van der Waals surface area (Å²) < 4.78 is 55.5. The number of carbonyl (C=O) groups excluding carboxylic acids is 9. The van der Waals surface area contributed by atoms with Gasteiger partial charge in [0.05, 0.1) is 94.5 Å². The maximum atomic E-state index is 14.7. The first-order chi connectivity index (χ1) is 48.9. The molecule has 2 aromatic rings. The predicted octanol–water partition coefficient (Wildman–Crippen LogP) is 6.56. The van der Waals surface area contributed by atoms with E-state index in [1.807, 2.05) is 58.1 Å². The van der Waals surface area contributed by atoms with Crippen molar-refractivity contribution in [1.29, 1.82) is 0 Å². The van der Waals surface area contributed by atoms with Gasteiger partial charge in [0.1, 0.15) is 41.9 Å². The molecule has 1 aromatic carbocycles. The van der Waals surface area contributed by atoms with Gasteiger partial charge in [-0.05, 0) is 126 Å². The summed E-state index contributed by atoms with van der Waals surface area (Å²) in [6, 6.07) is 2.62. The first-order valence-corrected chi connectivity index (χ1v) is 36.2. The fourth-order valence-corrected chi connectivity index (χ4v) is 14.6. The summed E-state index contributed by atoms with van der Waals surface area (Å²) in [5, 5.41) is 37.5. The van der Waals surface area contributed by atoms with Crippen LogP contribution in [0.3, 0.4) is 0 Å². The van der Waals surface area contributed by atoms with Crippen LogP contribution in [0, 0.1) is 35.5 Å². The van der Waals surface area contributed by atoms with E-state index in [-0.39, 0.29) is 105 Å². The Kier molecular flexibility index (Phi) is 30.5. The number of hydrogen-bond donors (Lipinski definition) is 4. The minimum atomic E-state index is -2.47. The number of Topliss-reactive ketones (excluding diaryl/α,β-unsaturated/α-hetero) is 3. The maximum Gasteiger partial charge on any atom is 0.329 e. The largest absolute Gasteiger partial charge is 0.460 e. The highest BCUT2D eigenvalue weighted by atomic mass is 16.6. The van der Waals surface area contributed by atoms with Crippen LogP contribution in [-0.4, -0.2) is 223 Å². The lowest BCUT2D eigenvalue weighted by Crippen LogP contribution is -2.61. The van der Waals surface area contributed by atoms with E-state index in [4.69, 9.17) is 42.6 Å². The molecule has 4 fully saturated rings. The van der Waals surface area contributed by atoms with Crippen molar-refractivity contribution in [3.8, 4) is 0 Å². The number of carbonyl (C=O) groups is 9. The molecule has 5 amide bonds. The van der Waals surface area contributed by atoms with Gasteiger partial charge < -0.3 is 63.1 Å². The lowest BCUT2D eigenvalue weighted by molar-refractivity contribution is -0.265. The standard InChI is InChI=1S/C75H107N7O20/c1-45-17-12-11-13-18-46(2)61(94-8)41-54-24-22-51(7)75(93,102-54)69(87)73(91)81-29-15-14-21-58(81)74(92)101-62(42-59(83)47(3)38-50(6)67(86)68(96-10)66(85)49(5)37-45)48(4)39-52-23-26-60(63(40-52)95-9)100-36-35-99-44-53-43-80(79-78-53)30-32-98-34-33-97-31-28-76-56-20-16-19-55-65(56)72(90)82(71(55)89)57-25-27-64(84)77-70(57)88/h11-13,16-20,38,43,45,47-49,51-52,54,57-58,60-63,67-68,76,86,93H,14-15,21-37,39-42,44H2,1-10H3,(H,77,84,88)/b13-11+,17-12+,46-18+,50-38+/t45-,47+,48+,49-,51+,52-,54-,57?,58-,60+,61+,62-,63+,67+,68-,75+/m0/s1. The Labute approximate surface area is 598 Å². The molecule has 1 aromatic heterocycles. The van der Waals surface area contributed by atoms with Crippen molar-refractivity contribution in [1.82, 2.24) is 30.1 Å². The van der Waals surface area contributed by atoms with Crippen LogP contribution in [0.2, 0.25) is 0 Å². The van der Waals surface area contributed by atoms with Crippen LogP contribution in [0.25, 0.3) is 0 Å². The molecule has 1 unspecified atom stereocenters. The minimum absolute atomic E-state index is 0.0115. The molecule has 27 heteroatoms. The summed E-state index contributed by atoms with van der Waals surface area (Å²) in [5.74, 6) is -10.7. The second kappa shape index (κ2) is 38.6. The number of aliphatic hydroxyl groups excluding tert-OH is 1. The highest BCUT2D eigenvalue weighted by Gasteiger charge is 2.53. The average molecular weight is 1430 g/mol. The number of hydrogen-bond acceptors (Lipinski definition) is 23. The van der Waals surface area contributed by atoms with Crippen molar-refractivity contribution in [2.45, 2.75) is 212 Å². The lowest BCUT2D eigenvalue weighted by Gasteiger charge is -2.42. The van der Waals surface area contributed by atoms with Gasteiger partial charge in [-0.3, -0.25) is 48.6 Å². The molecule has 562 valence electrons. The Morgan fingerprint density at radius 3 is 2.28 bits per heavy atom. The van der Waals surface area contributed by atoms with Crippen molar-refractivity contribution in [3.63, 3.8) is 0 Å². The molecule has 102 heavy (non-hydrogen) atoms. The molecule has 4 N–H and O–H groups in total. The number of allylic oxidation sites excluding steroid dienone is 6. The minimum Gasteiger partial charge on any atom is -0.460 e. The molecular formula is C75H107N7O20. The molecule has 16 atom stereocenters. The number of aromatic nitrogens is 3. The van der Waals surface area contributed by atoms with Gasteiger partial charge in [-0.2, -0.15) is 0 Å². The Bertz CT molecular complexity index is 3370. The topological polar surface area (TPSA) is 338 Å². The molecule has 3 saturated heterocycles. The number of nitrogens with one attached hydrogen (secondary N) is 2. The van der Waals surface area contributed by atoms with E-state index < -0.39 is 113 Å². The number of fused-ring (bicyclic) bond motifs is 4. The summed E-state index contributed by atoms with van der Waals surface area (Å²) >= 11 is 0. The summed E-state index contributed by atoms with van der Waals surface area (Å²) in [6.45, 7) is 15.5. The molecule has 5 aliphatic heterocycles. The van der Waals surface area contributed by atoms with E-state index >= 15 is 0 Å². The molecule has 6 aliphatic rings. The van der Waals surface area contributed by atoms with Gasteiger partial charge in [0.2, 0.25) is 17.6 Å². The van der Waals surface area contributed by atoms with Crippen LogP contribution < -0.4 is 10.6 Å². The number of ether oxygens (including phenoxy) is 9. The number of imide groups is 2. The maximum absolute atomic E-state index is 14.7. The SMILES string of the molecule is CO[C@@H]1C[C@@H]2CC[C@@H](C)[C@@](O)(O2)C(=O)C(=O)N2CCCC[C@H]2C(=O)O[C@H]([C@H](C)C[C@@H]2CC[C@@H](OCCOCc3cn(CCOCCOCCNc4cccc5c4C(=O)N(C4CCC(=O)NC4=O)C5=O)nn3)[C@H](OC)C2)CC(=O)[C@H](C)/C=C(\C)[C@@H](O)[C@@H](OC)C(=O)[C@@H](C)C[C@@H](C)/C=C/C=C/C=C/1C. The molecule has 27 nitrogen and oxygen atoms in total. The molecule has 1 saturated carbocycles. The van der Waals surface area contributed by atoms with E-state index in [1.54, 1.807) is 64.1 Å². The Balaban J connectivity index is 0.818. The fourth-order valence-electron chi connectivity index (χ4n) is 14.6. The van der Waals surface area contributed by atoms with E-state index in [2.05, 4.69) is 20.9 Å². The highest BCUT2D eigenvalue weighted by Crippen LogP contribution is 2.39. The van der Waals surface area contributed by atoms with Crippen LogP contribution in [-0.2, 0) is 89.3 Å².